The molecule has 1 saturated carbocycles. The molecule has 29 heavy (non-hydrogen) atoms. The van der Waals surface area contributed by atoms with Crippen LogP contribution in [-0.2, 0) is 10.0 Å². The predicted molar refractivity (Wildman–Crippen MR) is 113 cm³/mol. The number of ether oxygens (including phenoxy) is 1. The molecule has 0 radical (unpaired) electrons. The third-order valence-electron chi connectivity index (χ3n) is 5.27. The first-order chi connectivity index (χ1) is 13.7. The third kappa shape index (κ3) is 3.88. The number of rotatable bonds is 2. The van der Waals surface area contributed by atoms with Gasteiger partial charge < -0.3 is 10.1 Å². The number of fused-ring (bicyclic) bond motifs is 1. The van der Waals surface area contributed by atoms with Gasteiger partial charge in [0.25, 0.3) is 0 Å². The summed E-state index contributed by atoms with van der Waals surface area (Å²) in [6.45, 7) is 0.229. The highest BCUT2D eigenvalue weighted by Gasteiger charge is 2.54. The number of sulfonamides is 1. The van der Waals surface area contributed by atoms with Crippen LogP contribution in [0.1, 0.15) is 32.1 Å². The Morgan fingerprint density at radius 1 is 1.07 bits per heavy atom. The maximum atomic E-state index is 14.7. The van der Waals surface area contributed by atoms with Crippen LogP contribution in [0.5, 0.6) is 5.75 Å². The van der Waals surface area contributed by atoms with Crippen molar-refractivity contribution in [1.29, 1.82) is 0 Å². The number of hydrogen-bond acceptors (Lipinski definition) is 4. The van der Waals surface area contributed by atoms with Crippen LogP contribution in [0, 0.1) is 21.0 Å². The second kappa shape index (κ2) is 7.53. The van der Waals surface area contributed by atoms with Gasteiger partial charge in [-0.15, -0.1) is 0 Å². The minimum absolute atomic E-state index is 0.116. The topological polar surface area (TPSA) is 67.4 Å². The van der Waals surface area contributed by atoms with Crippen LogP contribution >= 0.6 is 22.6 Å². The van der Waals surface area contributed by atoms with Crippen LogP contribution in [0.15, 0.2) is 24.3 Å². The molecule has 2 aromatic carbocycles. The van der Waals surface area contributed by atoms with E-state index in [4.69, 9.17) is 4.74 Å². The van der Waals surface area contributed by atoms with Crippen molar-refractivity contribution in [3.63, 3.8) is 0 Å². The van der Waals surface area contributed by atoms with Gasteiger partial charge in [-0.05, 0) is 72.9 Å². The van der Waals surface area contributed by atoms with Crippen molar-refractivity contribution in [2.45, 2.75) is 36.9 Å². The second-order valence-electron chi connectivity index (χ2n) is 7.26. The number of nitrogens with one attached hydrogen (secondary N) is 2. The molecule has 1 aliphatic heterocycles. The first-order valence-corrected chi connectivity index (χ1v) is 11.7. The van der Waals surface area contributed by atoms with Crippen molar-refractivity contribution in [2.24, 2.45) is 0 Å². The summed E-state index contributed by atoms with van der Waals surface area (Å²) in [5.74, 6) is -3.38. The molecule has 0 atom stereocenters. The fourth-order valence-corrected chi connectivity index (χ4v) is 5.62. The van der Waals surface area contributed by atoms with E-state index in [0.717, 1.165) is 6.07 Å². The maximum Gasteiger partial charge on any atom is 0.238 e. The lowest BCUT2D eigenvalue weighted by Crippen LogP contribution is -2.31. The molecule has 2 aromatic rings. The first-order valence-electron chi connectivity index (χ1n) is 9.12. The molecule has 0 amide bonds. The highest BCUT2D eigenvalue weighted by molar-refractivity contribution is 14.1. The maximum absolute atomic E-state index is 14.7. The molecule has 4 rings (SSSR count). The molecular formula is C19H18F3IN2O3S. The summed E-state index contributed by atoms with van der Waals surface area (Å²) in [4.78, 5) is 0. The normalized spacial score (nSPS) is 19.6. The Labute approximate surface area is 180 Å². The van der Waals surface area contributed by atoms with Gasteiger partial charge in [0.05, 0.1) is 17.0 Å². The predicted octanol–water partition coefficient (Wildman–Crippen LogP) is 5.29. The lowest BCUT2D eigenvalue weighted by Gasteiger charge is -2.24. The van der Waals surface area contributed by atoms with Gasteiger partial charge in [0, 0.05) is 9.64 Å². The molecule has 1 fully saturated rings. The summed E-state index contributed by atoms with van der Waals surface area (Å²) in [6, 6.07) is 4.98. The zero-order valence-corrected chi connectivity index (χ0v) is 18.2. The lowest BCUT2D eigenvalue weighted by molar-refractivity contribution is 0.303. The van der Waals surface area contributed by atoms with E-state index in [2.05, 4.69) is 10.0 Å². The molecule has 5 nitrogen and oxygen atoms in total. The van der Waals surface area contributed by atoms with Crippen molar-refractivity contribution >= 4 is 49.7 Å². The Hall–Kier alpha value is -1.69. The van der Waals surface area contributed by atoms with Gasteiger partial charge in [0.15, 0.2) is 11.6 Å². The lowest BCUT2D eigenvalue weighted by atomic mass is 10.1. The van der Waals surface area contributed by atoms with Crippen LogP contribution < -0.4 is 14.8 Å². The fourth-order valence-electron chi connectivity index (χ4n) is 3.43. The zero-order valence-electron chi connectivity index (χ0n) is 15.2. The first kappa shape index (κ1) is 20.6. The molecule has 2 N–H and O–H groups in total. The van der Waals surface area contributed by atoms with E-state index in [9.17, 15) is 21.6 Å². The highest BCUT2D eigenvalue weighted by atomic mass is 127. The van der Waals surface area contributed by atoms with Crippen LogP contribution in [0.25, 0.3) is 0 Å². The number of hydrogen-bond donors (Lipinski definition) is 2. The summed E-state index contributed by atoms with van der Waals surface area (Å²) in [5, 5.41) is 2.51. The quantitative estimate of drug-likeness (QED) is 0.511. The van der Waals surface area contributed by atoms with Crippen LogP contribution in [0.4, 0.5) is 30.2 Å². The number of anilines is 3. The third-order valence-corrected chi connectivity index (χ3v) is 8.17. The Morgan fingerprint density at radius 2 is 1.83 bits per heavy atom. The largest absolute Gasteiger partial charge is 0.491 e. The van der Waals surface area contributed by atoms with E-state index < -0.39 is 37.9 Å². The Bertz CT molecular complexity index is 1070. The highest BCUT2D eigenvalue weighted by Crippen LogP contribution is 2.50. The van der Waals surface area contributed by atoms with E-state index >= 15 is 0 Å². The van der Waals surface area contributed by atoms with Gasteiger partial charge in [-0.3, -0.25) is 4.72 Å². The van der Waals surface area contributed by atoms with E-state index in [1.54, 1.807) is 6.07 Å². The van der Waals surface area contributed by atoms with Gasteiger partial charge in [-0.2, -0.15) is 0 Å². The molecule has 0 aromatic heterocycles. The average Bonchev–Trinajstić information content (AvgIpc) is 3.44. The molecule has 0 bridgehead atoms. The Balaban J connectivity index is 1.84. The number of benzene rings is 2. The zero-order chi connectivity index (χ0) is 20.8. The van der Waals surface area contributed by atoms with E-state index in [0.29, 0.717) is 35.7 Å². The molecule has 2 aliphatic rings. The van der Waals surface area contributed by atoms with Crippen molar-refractivity contribution in [1.82, 2.24) is 0 Å². The van der Waals surface area contributed by atoms with Crippen molar-refractivity contribution in [2.75, 3.05) is 16.6 Å². The molecule has 1 aliphatic carbocycles. The van der Waals surface area contributed by atoms with Gasteiger partial charge in [-0.25, -0.2) is 21.6 Å². The molecule has 156 valence electrons. The van der Waals surface area contributed by atoms with E-state index in [1.165, 1.54) is 12.1 Å². The van der Waals surface area contributed by atoms with E-state index in [-0.39, 0.29) is 23.7 Å². The molecular weight excluding hydrogens is 520 g/mol. The molecule has 1 spiro atoms. The summed E-state index contributed by atoms with van der Waals surface area (Å²) >= 11 is 1.92. The fraction of sp³-hybridized carbons (Fsp3) is 0.368. The average molecular weight is 538 g/mol. The molecule has 1 heterocycles. The standard InChI is InChI=1S/C19H18F3IN2O3S/c20-12-9-11(23)3-4-14(12)24-18-16(22)13(21)10-15-17(18)25-29(26,27)19(6-7-19)5-1-2-8-28-15/h3-4,9-10,24-25H,1-2,5-8H2. The minimum atomic E-state index is -3.88. The van der Waals surface area contributed by atoms with Gasteiger partial charge in [0.2, 0.25) is 10.0 Å². The van der Waals surface area contributed by atoms with Gasteiger partial charge >= 0.3 is 0 Å². The SMILES string of the molecule is O=S1(=O)Nc2c(cc(F)c(F)c2Nc2ccc(I)cc2F)OCCCCC12CC2. The minimum Gasteiger partial charge on any atom is -0.491 e. The molecule has 0 unspecified atom stereocenters. The Kier molecular flexibility index (Phi) is 5.34. The molecule has 10 heteroatoms. The smallest absolute Gasteiger partial charge is 0.238 e. The van der Waals surface area contributed by atoms with Crippen molar-refractivity contribution < 1.29 is 26.3 Å². The van der Waals surface area contributed by atoms with E-state index in [1.807, 2.05) is 22.6 Å². The summed E-state index contributed by atoms with van der Waals surface area (Å²) in [6.07, 6.45) is 2.73. The van der Waals surface area contributed by atoms with Crippen LogP contribution in [0.2, 0.25) is 0 Å². The summed E-state index contributed by atoms with van der Waals surface area (Å²) in [7, 11) is -3.88. The summed E-state index contributed by atoms with van der Waals surface area (Å²) < 4.78 is 76.9. The number of halogens is 4. The monoisotopic (exact) mass is 538 g/mol. The van der Waals surface area contributed by atoms with Crippen molar-refractivity contribution in [3.8, 4) is 5.75 Å². The molecule has 0 saturated heterocycles. The van der Waals surface area contributed by atoms with Gasteiger partial charge in [-0.1, -0.05) is 0 Å². The van der Waals surface area contributed by atoms with Crippen molar-refractivity contribution in [3.05, 3.63) is 45.3 Å². The van der Waals surface area contributed by atoms with Crippen LogP contribution in [0.3, 0.4) is 0 Å². The van der Waals surface area contributed by atoms with Gasteiger partial charge in [0.1, 0.15) is 22.9 Å². The Morgan fingerprint density at radius 3 is 2.52 bits per heavy atom. The summed E-state index contributed by atoms with van der Waals surface area (Å²) in [5.41, 5.74) is -0.885. The second-order valence-corrected chi connectivity index (χ2v) is 10.6. The van der Waals surface area contributed by atoms with Crippen LogP contribution in [-0.4, -0.2) is 19.8 Å².